The quantitative estimate of drug-likeness (QED) is 0.497. The SMILES string of the molecule is C=C(C)CN=C(N)Nc1ccc2c(c1)OCCCO2. The Labute approximate surface area is 113 Å². The lowest BCUT2D eigenvalue weighted by molar-refractivity contribution is 0.297. The monoisotopic (exact) mass is 261 g/mol. The third-order valence-corrected chi connectivity index (χ3v) is 2.54. The average Bonchev–Trinajstić information content (AvgIpc) is 2.61. The normalized spacial score (nSPS) is 14.7. The highest BCUT2D eigenvalue weighted by atomic mass is 16.5. The number of fused-ring (bicyclic) bond motifs is 1. The van der Waals surface area contributed by atoms with Crippen LogP contribution in [0, 0.1) is 0 Å². The number of rotatable bonds is 3. The van der Waals surface area contributed by atoms with Gasteiger partial charge in [-0.15, -0.1) is 0 Å². The van der Waals surface area contributed by atoms with Gasteiger partial charge < -0.3 is 20.5 Å². The van der Waals surface area contributed by atoms with Gasteiger partial charge in [0.05, 0.1) is 19.8 Å². The second-order valence-electron chi connectivity index (χ2n) is 4.50. The lowest BCUT2D eigenvalue weighted by Gasteiger charge is -2.10. The van der Waals surface area contributed by atoms with Gasteiger partial charge in [-0.1, -0.05) is 12.2 Å². The van der Waals surface area contributed by atoms with Gasteiger partial charge in [0.2, 0.25) is 0 Å². The van der Waals surface area contributed by atoms with E-state index >= 15 is 0 Å². The minimum atomic E-state index is 0.359. The topological polar surface area (TPSA) is 68.9 Å². The summed E-state index contributed by atoms with van der Waals surface area (Å²) in [6, 6.07) is 5.62. The summed E-state index contributed by atoms with van der Waals surface area (Å²) in [6.45, 7) is 7.54. The van der Waals surface area contributed by atoms with E-state index in [2.05, 4.69) is 16.9 Å². The number of nitrogens with two attached hydrogens (primary N) is 1. The molecule has 0 unspecified atom stereocenters. The number of nitrogens with one attached hydrogen (secondary N) is 1. The number of hydrogen-bond donors (Lipinski definition) is 2. The van der Waals surface area contributed by atoms with Gasteiger partial charge in [-0.2, -0.15) is 0 Å². The third kappa shape index (κ3) is 3.91. The molecule has 1 aliphatic heterocycles. The first kappa shape index (κ1) is 13.3. The second kappa shape index (κ2) is 6.13. The summed E-state index contributed by atoms with van der Waals surface area (Å²) < 4.78 is 11.2. The molecule has 3 N–H and O–H groups in total. The van der Waals surface area contributed by atoms with Gasteiger partial charge in [-0.05, 0) is 19.1 Å². The largest absolute Gasteiger partial charge is 0.490 e. The standard InChI is InChI=1S/C14H19N3O2/c1-10(2)9-16-14(15)17-11-4-5-12-13(8-11)19-7-3-6-18-12/h4-5,8H,1,3,6-7,9H2,2H3,(H3,15,16,17). The highest BCUT2D eigenvalue weighted by molar-refractivity contribution is 5.92. The molecule has 1 aliphatic rings. The highest BCUT2D eigenvalue weighted by Gasteiger charge is 2.10. The molecule has 0 fully saturated rings. The minimum Gasteiger partial charge on any atom is -0.490 e. The van der Waals surface area contributed by atoms with Crippen LogP contribution in [-0.4, -0.2) is 25.7 Å². The van der Waals surface area contributed by atoms with E-state index in [1.54, 1.807) is 0 Å². The summed E-state index contributed by atoms with van der Waals surface area (Å²) in [4.78, 5) is 4.16. The van der Waals surface area contributed by atoms with E-state index in [1.807, 2.05) is 25.1 Å². The zero-order valence-electron chi connectivity index (χ0n) is 11.1. The molecule has 0 spiro atoms. The van der Waals surface area contributed by atoms with Crippen LogP contribution in [-0.2, 0) is 0 Å². The molecule has 1 aromatic carbocycles. The molecule has 1 heterocycles. The van der Waals surface area contributed by atoms with Gasteiger partial charge in [-0.25, -0.2) is 4.99 Å². The molecule has 0 atom stereocenters. The van der Waals surface area contributed by atoms with E-state index in [0.29, 0.717) is 25.7 Å². The Morgan fingerprint density at radius 3 is 2.84 bits per heavy atom. The van der Waals surface area contributed by atoms with Gasteiger partial charge in [0.1, 0.15) is 0 Å². The number of anilines is 1. The molecule has 0 amide bonds. The zero-order valence-corrected chi connectivity index (χ0v) is 11.1. The summed E-state index contributed by atoms with van der Waals surface area (Å²) in [7, 11) is 0. The zero-order chi connectivity index (χ0) is 13.7. The summed E-state index contributed by atoms with van der Waals surface area (Å²) in [5.41, 5.74) is 7.57. The van der Waals surface area contributed by atoms with Crippen molar-refractivity contribution in [2.45, 2.75) is 13.3 Å². The van der Waals surface area contributed by atoms with Crippen LogP contribution in [0.25, 0.3) is 0 Å². The van der Waals surface area contributed by atoms with Crippen LogP contribution in [0.1, 0.15) is 13.3 Å². The number of benzene rings is 1. The fourth-order valence-corrected chi connectivity index (χ4v) is 1.65. The minimum absolute atomic E-state index is 0.359. The van der Waals surface area contributed by atoms with E-state index in [9.17, 15) is 0 Å². The van der Waals surface area contributed by atoms with Crippen LogP contribution in [0.4, 0.5) is 5.69 Å². The van der Waals surface area contributed by atoms with Crippen molar-refractivity contribution in [1.29, 1.82) is 0 Å². The fourth-order valence-electron chi connectivity index (χ4n) is 1.65. The second-order valence-corrected chi connectivity index (χ2v) is 4.50. The Kier molecular flexibility index (Phi) is 4.28. The maximum atomic E-state index is 5.79. The van der Waals surface area contributed by atoms with Crippen LogP contribution >= 0.6 is 0 Å². The molecule has 5 nitrogen and oxygen atoms in total. The molecule has 2 rings (SSSR count). The molecular weight excluding hydrogens is 242 g/mol. The molecule has 0 radical (unpaired) electrons. The molecule has 102 valence electrons. The molecule has 19 heavy (non-hydrogen) atoms. The van der Waals surface area contributed by atoms with Crippen molar-refractivity contribution in [3.63, 3.8) is 0 Å². The summed E-state index contributed by atoms with van der Waals surface area (Å²) in [5, 5.41) is 3.02. The van der Waals surface area contributed by atoms with Crippen molar-refractivity contribution in [3.05, 3.63) is 30.4 Å². The lowest BCUT2D eigenvalue weighted by atomic mass is 10.3. The van der Waals surface area contributed by atoms with Gasteiger partial charge in [0, 0.05) is 18.2 Å². The van der Waals surface area contributed by atoms with E-state index in [4.69, 9.17) is 15.2 Å². The number of guanidine groups is 1. The Hall–Kier alpha value is -2.17. The number of aliphatic imine (C=N–C) groups is 1. The van der Waals surface area contributed by atoms with E-state index in [-0.39, 0.29) is 0 Å². The number of hydrogen-bond acceptors (Lipinski definition) is 3. The summed E-state index contributed by atoms with van der Waals surface area (Å²) >= 11 is 0. The maximum absolute atomic E-state index is 5.79. The lowest BCUT2D eigenvalue weighted by Crippen LogP contribution is -2.22. The number of ether oxygens (including phenoxy) is 2. The fraction of sp³-hybridized carbons (Fsp3) is 0.357. The van der Waals surface area contributed by atoms with Gasteiger partial charge in [-0.3, -0.25) is 0 Å². The summed E-state index contributed by atoms with van der Waals surface area (Å²) in [5.74, 6) is 1.85. The van der Waals surface area contributed by atoms with Crippen molar-refractivity contribution >= 4 is 11.6 Å². The molecule has 0 saturated heterocycles. The highest BCUT2D eigenvalue weighted by Crippen LogP contribution is 2.32. The molecule has 5 heteroatoms. The molecule has 0 bridgehead atoms. The molecule has 1 aromatic rings. The van der Waals surface area contributed by atoms with Crippen LogP contribution in [0.15, 0.2) is 35.3 Å². The van der Waals surface area contributed by atoms with E-state index in [1.165, 1.54) is 0 Å². The van der Waals surface area contributed by atoms with E-state index in [0.717, 1.165) is 29.2 Å². The van der Waals surface area contributed by atoms with Crippen molar-refractivity contribution in [2.24, 2.45) is 10.7 Å². The third-order valence-electron chi connectivity index (χ3n) is 2.54. The van der Waals surface area contributed by atoms with Gasteiger partial charge >= 0.3 is 0 Å². The van der Waals surface area contributed by atoms with Crippen molar-refractivity contribution in [3.8, 4) is 11.5 Å². The smallest absolute Gasteiger partial charge is 0.193 e. The van der Waals surface area contributed by atoms with Gasteiger partial charge in [0.25, 0.3) is 0 Å². The van der Waals surface area contributed by atoms with Gasteiger partial charge in [0.15, 0.2) is 17.5 Å². The summed E-state index contributed by atoms with van der Waals surface area (Å²) in [6.07, 6.45) is 0.889. The molecule has 0 aliphatic carbocycles. The Morgan fingerprint density at radius 1 is 1.37 bits per heavy atom. The number of nitrogens with zero attached hydrogens (tertiary/aromatic N) is 1. The Balaban J connectivity index is 2.07. The molecular formula is C14H19N3O2. The van der Waals surface area contributed by atoms with E-state index < -0.39 is 0 Å². The first-order valence-corrected chi connectivity index (χ1v) is 6.26. The van der Waals surface area contributed by atoms with Crippen LogP contribution in [0.3, 0.4) is 0 Å². The van der Waals surface area contributed by atoms with Crippen molar-refractivity contribution in [1.82, 2.24) is 0 Å². The average molecular weight is 261 g/mol. The Bertz CT molecular complexity index is 497. The first-order valence-electron chi connectivity index (χ1n) is 6.26. The predicted molar refractivity (Wildman–Crippen MR) is 77.0 cm³/mol. The molecule has 0 aromatic heterocycles. The predicted octanol–water partition coefficient (Wildman–Crippen LogP) is 2.15. The van der Waals surface area contributed by atoms with Crippen LogP contribution in [0.5, 0.6) is 11.5 Å². The maximum Gasteiger partial charge on any atom is 0.193 e. The molecule has 0 saturated carbocycles. The first-order chi connectivity index (χ1) is 9.15. The van der Waals surface area contributed by atoms with Crippen molar-refractivity contribution < 1.29 is 9.47 Å². The Morgan fingerprint density at radius 2 is 2.11 bits per heavy atom. The van der Waals surface area contributed by atoms with Crippen molar-refractivity contribution in [2.75, 3.05) is 25.1 Å². The van der Waals surface area contributed by atoms with Crippen LogP contribution in [0.2, 0.25) is 0 Å². The van der Waals surface area contributed by atoms with Crippen LogP contribution < -0.4 is 20.5 Å².